The average molecular weight is 446 g/mol. The number of fused-ring (bicyclic) bond motifs is 1. The number of benzene rings is 1. The molecule has 0 aliphatic heterocycles. The third kappa shape index (κ3) is 3.64. The molecular formula is C21H11ClF3N3O3. The smallest absolute Gasteiger partial charge is 0.417 e. The molecule has 0 saturated heterocycles. The topological polar surface area (TPSA) is 85.1 Å². The van der Waals surface area contributed by atoms with Crippen molar-refractivity contribution in [1.82, 2.24) is 14.5 Å². The lowest BCUT2D eigenvalue weighted by Crippen LogP contribution is -2.14. The zero-order chi connectivity index (χ0) is 22.3. The third-order valence-electron chi connectivity index (χ3n) is 4.60. The number of ketones is 1. The average Bonchev–Trinajstić information content (AvgIpc) is 3.12. The van der Waals surface area contributed by atoms with Crippen LogP contribution in [0, 0.1) is 0 Å². The number of hydrogen-bond acceptors (Lipinski definition) is 4. The van der Waals surface area contributed by atoms with Crippen LogP contribution in [0.4, 0.5) is 13.2 Å². The number of carbonyl (C=O) groups excluding carboxylic acids is 1. The molecule has 0 aliphatic rings. The molecule has 4 aromatic rings. The molecule has 3 aromatic heterocycles. The van der Waals surface area contributed by atoms with Gasteiger partial charge >= 0.3 is 12.1 Å². The number of nitrogens with zero attached hydrogens (tertiary/aromatic N) is 3. The fraction of sp³-hybridized carbons (Fsp3) is 0.0476. The van der Waals surface area contributed by atoms with E-state index in [-0.39, 0.29) is 21.9 Å². The highest BCUT2D eigenvalue weighted by atomic mass is 35.5. The number of pyridine rings is 2. The molecule has 3 heterocycles. The second kappa shape index (κ2) is 7.51. The van der Waals surface area contributed by atoms with Crippen LogP contribution in [0.2, 0.25) is 5.02 Å². The van der Waals surface area contributed by atoms with Crippen molar-refractivity contribution in [3.05, 3.63) is 88.5 Å². The molecule has 1 aromatic carbocycles. The summed E-state index contributed by atoms with van der Waals surface area (Å²) in [7, 11) is 0. The second-order valence-corrected chi connectivity index (χ2v) is 6.89. The van der Waals surface area contributed by atoms with Gasteiger partial charge in [-0.25, -0.2) is 14.8 Å². The predicted octanol–water partition coefficient (Wildman–Crippen LogP) is 5.02. The fourth-order valence-electron chi connectivity index (χ4n) is 3.22. The minimum absolute atomic E-state index is 0.0380. The summed E-state index contributed by atoms with van der Waals surface area (Å²) < 4.78 is 42.0. The van der Waals surface area contributed by atoms with Gasteiger partial charge < -0.3 is 5.11 Å². The third-order valence-corrected chi connectivity index (χ3v) is 4.91. The van der Waals surface area contributed by atoms with E-state index in [0.717, 1.165) is 12.1 Å². The van der Waals surface area contributed by atoms with E-state index in [1.165, 1.54) is 41.4 Å². The molecule has 156 valence electrons. The summed E-state index contributed by atoms with van der Waals surface area (Å²) in [6.45, 7) is 0. The molecule has 0 spiro atoms. The van der Waals surface area contributed by atoms with Crippen LogP contribution < -0.4 is 0 Å². The van der Waals surface area contributed by atoms with E-state index in [2.05, 4.69) is 9.97 Å². The number of alkyl halides is 3. The van der Waals surface area contributed by atoms with Gasteiger partial charge in [0.2, 0.25) is 0 Å². The summed E-state index contributed by atoms with van der Waals surface area (Å²) in [4.78, 5) is 32.3. The second-order valence-electron chi connectivity index (χ2n) is 6.48. The lowest BCUT2D eigenvalue weighted by Gasteiger charge is -2.13. The molecule has 6 nitrogen and oxygen atoms in total. The first-order valence-electron chi connectivity index (χ1n) is 8.74. The Labute approximate surface area is 177 Å². The van der Waals surface area contributed by atoms with Crippen LogP contribution in [0.3, 0.4) is 0 Å². The van der Waals surface area contributed by atoms with Crippen LogP contribution >= 0.6 is 11.6 Å². The predicted molar refractivity (Wildman–Crippen MR) is 106 cm³/mol. The summed E-state index contributed by atoms with van der Waals surface area (Å²) in [6, 6.07) is 8.96. The Morgan fingerprint density at radius 2 is 1.81 bits per heavy atom. The van der Waals surface area contributed by atoms with E-state index in [9.17, 15) is 22.8 Å². The normalized spacial score (nSPS) is 11.6. The molecule has 0 fully saturated rings. The molecule has 0 saturated carbocycles. The Morgan fingerprint density at radius 1 is 1.03 bits per heavy atom. The summed E-state index contributed by atoms with van der Waals surface area (Å²) in [6.07, 6.45) is -0.713. The van der Waals surface area contributed by atoms with Crippen molar-refractivity contribution in [2.24, 2.45) is 0 Å². The van der Waals surface area contributed by atoms with Crippen molar-refractivity contribution in [3.8, 4) is 5.69 Å². The largest absolute Gasteiger partial charge is 0.477 e. The van der Waals surface area contributed by atoms with Crippen molar-refractivity contribution in [2.45, 2.75) is 6.18 Å². The molecule has 0 aliphatic carbocycles. The van der Waals surface area contributed by atoms with E-state index >= 15 is 0 Å². The van der Waals surface area contributed by atoms with E-state index in [4.69, 9.17) is 16.7 Å². The number of carboxylic acid groups (broad SMARTS) is 1. The Bertz CT molecular complexity index is 1330. The summed E-state index contributed by atoms with van der Waals surface area (Å²) in [5, 5.41) is 8.99. The highest BCUT2D eigenvalue weighted by Gasteiger charge is 2.37. The number of halogens is 4. The lowest BCUT2D eigenvalue weighted by molar-refractivity contribution is -0.137. The van der Waals surface area contributed by atoms with Gasteiger partial charge in [-0.05, 0) is 36.4 Å². The number of carboxylic acids is 1. The van der Waals surface area contributed by atoms with E-state index in [1.54, 1.807) is 12.1 Å². The van der Waals surface area contributed by atoms with Crippen LogP contribution in [-0.2, 0) is 6.18 Å². The number of hydrogen-bond donors (Lipinski definition) is 1. The van der Waals surface area contributed by atoms with Crippen molar-refractivity contribution in [3.63, 3.8) is 0 Å². The fourth-order valence-corrected chi connectivity index (χ4v) is 3.48. The molecular weight excluding hydrogens is 435 g/mol. The Kier molecular flexibility index (Phi) is 4.98. The van der Waals surface area contributed by atoms with E-state index in [0.29, 0.717) is 11.1 Å². The van der Waals surface area contributed by atoms with Crippen LogP contribution in [-0.4, -0.2) is 31.4 Å². The Hall–Kier alpha value is -3.72. The summed E-state index contributed by atoms with van der Waals surface area (Å²) in [5.41, 5.74) is -1.35. The van der Waals surface area contributed by atoms with Gasteiger partial charge in [0.05, 0.1) is 33.6 Å². The SMILES string of the molecule is O=C(O)c1ccc(-n2cc(C(=O)c3c(Cl)cccc3C(F)(F)F)c3cccnc32)cn1. The molecule has 0 amide bonds. The van der Waals surface area contributed by atoms with Gasteiger partial charge in [0.15, 0.2) is 5.78 Å². The first-order valence-corrected chi connectivity index (χ1v) is 9.12. The standard InChI is InChI=1S/C21H11ClF3N3O3/c22-15-5-1-4-14(21(23,24)25)17(15)18(29)13-10-28(19-12(13)3-2-8-26-19)11-6-7-16(20(30)31)27-9-11/h1-10H,(H,30,31). The minimum Gasteiger partial charge on any atom is -0.477 e. The van der Waals surface area contributed by atoms with Crippen molar-refractivity contribution >= 4 is 34.4 Å². The first kappa shape index (κ1) is 20.5. The molecule has 0 atom stereocenters. The van der Waals surface area contributed by atoms with Gasteiger partial charge in [-0.2, -0.15) is 13.2 Å². The maximum Gasteiger partial charge on any atom is 0.417 e. The number of carbonyl (C=O) groups is 2. The van der Waals surface area contributed by atoms with Crippen LogP contribution in [0.5, 0.6) is 0 Å². The monoisotopic (exact) mass is 445 g/mol. The molecule has 0 unspecified atom stereocenters. The van der Waals surface area contributed by atoms with E-state index in [1.807, 2.05) is 0 Å². The molecule has 0 bridgehead atoms. The number of rotatable bonds is 4. The summed E-state index contributed by atoms with van der Waals surface area (Å²) >= 11 is 5.99. The Morgan fingerprint density at radius 3 is 2.45 bits per heavy atom. The van der Waals surface area contributed by atoms with E-state index < -0.39 is 29.1 Å². The molecule has 4 rings (SSSR count). The van der Waals surface area contributed by atoms with Crippen LogP contribution in [0.1, 0.15) is 32.0 Å². The van der Waals surface area contributed by atoms with Gasteiger partial charge in [-0.1, -0.05) is 17.7 Å². The molecule has 31 heavy (non-hydrogen) atoms. The minimum atomic E-state index is -4.77. The van der Waals surface area contributed by atoms with Gasteiger partial charge in [0.25, 0.3) is 0 Å². The maximum atomic E-state index is 13.5. The van der Waals surface area contributed by atoms with Gasteiger partial charge in [-0.15, -0.1) is 0 Å². The first-order chi connectivity index (χ1) is 14.7. The van der Waals surface area contributed by atoms with Crippen LogP contribution in [0.15, 0.2) is 61.1 Å². The van der Waals surface area contributed by atoms with Crippen molar-refractivity contribution in [1.29, 1.82) is 0 Å². The highest BCUT2D eigenvalue weighted by Crippen LogP contribution is 2.37. The quantitative estimate of drug-likeness (QED) is 0.446. The van der Waals surface area contributed by atoms with Gasteiger partial charge in [0, 0.05) is 17.8 Å². The maximum absolute atomic E-state index is 13.5. The van der Waals surface area contributed by atoms with Crippen LogP contribution in [0.25, 0.3) is 16.7 Å². The molecule has 0 radical (unpaired) electrons. The summed E-state index contributed by atoms with van der Waals surface area (Å²) in [5.74, 6) is -2.12. The number of aromatic nitrogens is 3. The van der Waals surface area contributed by atoms with Gasteiger partial charge in [0.1, 0.15) is 11.3 Å². The zero-order valence-electron chi connectivity index (χ0n) is 15.4. The Balaban J connectivity index is 1.91. The number of aromatic carboxylic acids is 1. The lowest BCUT2D eigenvalue weighted by atomic mass is 9.98. The molecule has 10 heteroatoms. The zero-order valence-corrected chi connectivity index (χ0v) is 16.1. The van der Waals surface area contributed by atoms with Gasteiger partial charge in [-0.3, -0.25) is 9.36 Å². The highest BCUT2D eigenvalue weighted by molar-refractivity contribution is 6.35. The van der Waals surface area contributed by atoms with Crippen molar-refractivity contribution in [2.75, 3.05) is 0 Å². The molecule has 1 N–H and O–H groups in total. The van der Waals surface area contributed by atoms with Crippen molar-refractivity contribution < 1.29 is 27.9 Å².